The molecule has 3 N–H and O–H groups in total. The van der Waals surface area contributed by atoms with Gasteiger partial charge in [0, 0.05) is 23.2 Å². The van der Waals surface area contributed by atoms with Gasteiger partial charge in [-0.3, -0.25) is 4.68 Å². The number of carbonyl (C=O) groups is 1. The molecule has 0 unspecified atom stereocenters. The van der Waals surface area contributed by atoms with E-state index < -0.39 is 0 Å². The molecule has 3 rings (SSSR count). The molecule has 1 aliphatic rings. The fourth-order valence-electron chi connectivity index (χ4n) is 2.30. The number of aliphatic hydroxyl groups is 1. The SMILES string of the molecule is O=C(NCC1(CO)CC1)Nc1cnn(Cc2ccc(Cl)cc2)c1. The summed E-state index contributed by atoms with van der Waals surface area (Å²) in [6.07, 6.45) is 5.30. The van der Waals surface area contributed by atoms with Gasteiger partial charge in [-0.2, -0.15) is 5.10 Å². The molecule has 0 bridgehead atoms. The number of urea groups is 1. The Morgan fingerprint density at radius 3 is 2.74 bits per heavy atom. The van der Waals surface area contributed by atoms with Crippen LogP contribution in [0.5, 0.6) is 0 Å². The Hall–Kier alpha value is -2.05. The lowest BCUT2D eigenvalue weighted by atomic mass is 10.1. The molecule has 122 valence electrons. The van der Waals surface area contributed by atoms with Crippen molar-refractivity contribution in [2.45, 2.75) is 19.4 Å². The van der Waals surface area contributed by atoms with Crippen LogP contribution in [0.2, 0.25) is 5.02 Å². The molecule has 1 aromatic heterocycles. The summed E-state index contributed by atoms with van der Waals surface area (Å²) < 4.78 is 1.74. The van der Waals surface area contributed by atoms with Crippen LogP contribution in [0.3, 0.4) is 0 Å². The van der Waals surface area contributed by atoms with E-state index in [1.807, 2.05) is 24.3 Å². The van der Waals surface area contributed by atoms with Crippen molar-refractivity contribution in [3.05, 3.63) is 47.2 Å². The van der Waals surface area contributed by atoms with Gasteiger partial charge in [0.25, 0.3) is 0 Å². The minimum atomic E-state index is -0.282. The highest BCUT2D eigenvalue weighted by atomic mass is 35.5. The first kappa shape index (κ1) is 15.8. The van der Waals surface area contributed by atoms with Crippen LogP contribution in [-0.2, 0) is 6.54 Å². The number of aromatic nitrogens is 2. The number of carbonyl (C=O) groups excluding carboxylic acids is 1. The molecule has 2 aromatic rings. The molecule has 1 aromatic carbocycles. The highest BCUT2D eigenvalue weighted by Crippen LogP contribution is 2.44. The molecule has 6 nitrogen and oxygen atoms in total. The van der Waals surface area contributed by atoms with Gasteiger partial charge in [-0.1, -0.05) is 23.7 Å². The van der Waals surface area contributed by atoms with Gasteiger partial charge >= 0.3 is 6.03 Å². The zero-order chi connectivity index (χ0) is 16.3. The standard InChI is InChI=1S/C16H19ClN4O2/c17-13-3-1-12(2-4-13)8-21-9-14(7-19-21)20-15(23)18-10-16(11-22)5-6-16/h1-4,7,9,22H,5-6,8,10-11H2,(H2,18,20,23). The van der Waals surface area contributed by atoms with E-state index in [4.69, 9.17) is 11.6 Å². The second-order valence-electron chi connectivity index (χ2n) is 6.02. The van der Waals surface area contributed by atoms with Crippen molar-refractivity contribution in [3.8, 4) is 0 Å². The van der Waals surface area contributed by atoms with E-state index in [0.717, 1.165) is 18.4 Å². The van der Waals surface area contributed by atoms with E-state index in [0.29, 0.717) is 23.8 Å². The van der Waals surface area contributed by atoms with Crippen LogP contribution in [0.25, 0.3) is 0 Å². The Balaban J connectivity index is 1.50. The number of benzene rings is 1. The monoisotopic (exact) mass is 334 g/mol. The molecule has 1 heterocycles. The Labute approximate surface area is 139 Å². The summed E-state index contributed by atoms with van der Waals surface area (Å²) in [5, 5.41) is 19.7. The molecule has 0 aliphatic heterocycles. The number of hydrogen-bond donors (Lipinski definition) is 3. The second kappa shape index (κ2) is 6.60. The predicted octanol–water partition coefficient (Wildman–Crippen LogP) is 2.48. The number of nitrogens with one attached hydrogen (secondary N) is 2. The van der Waals surface area contributed by atoms with Crippen molar-refractivity contribution in [1.82, 2.24) is 15.1 Å². The van der Waals surface area contributed by atoms with E-state index in [9.17, 15) is 9.90 Å². The van der Waals surface area contributed by atoms with E-state index in [1.54, 1.807) is 17.1 Å². The molecule has 1 fully saturated rings. The molecule has 1 aliphatic carbocycles. The molecule has 23 heavy (non-hydrogen) atoms. The lowest BCUT2D eigenvalue weighted by Gasteiger charge is -2.12. The Morgan fingerprint density at radius 1 is 1.35 bits per heavy atom. The van der Waals surface area contributed by atoms with Crippen molar-refractivity contribution >= 4 is 23.3 Å². The number of nitrogens with zero attached hydrogens (tertiary/aromatic N) is 2. The minimum Gasteiger partial charge on any atom is -0.396 e. The number of rotatable bonds is 6. The van der Waals surface area contributed by atoms with Gasteiger partial charge in [-0.05, 0) is 30.5 Å². The molecule has 0 atom stereocenters. The van der Waals surface area contributed by atoms with E-state index in [2.05, 4.69) is 15.7 Å². The first-order valence-corrected chi connectivity index (χ1v) is 7.89. The van der Waals surface area contributed by atoms with E-state index in [1.165, 1.54) is 0 Å². The summed E-state index contributed by atoms with van der Waals surface area (Å²) in [4.78, 5) is 11.9. The van der Waals surface area contributed by atoms with Gasteiger partial charge in [0.15, 0.2) is 0 Å². The van der Waals surface area contributed by atoms with Gasteiger partial charge in [0.1, 0.15) is 0 Å². The number of aliphatic hydroxyl groups excluding tert-OH is 1. The zero-order valence-electron chi connectivity index (χ0n) is 12.6. The summed E-state index contributed by atoms with van der Waals surface area (Å²) in [6, 6.07) is 7.27. The van der Waals surface area contributed by atoms with Gasteiger partial charge in [-0.25, -0.2) is 4.79 Å². The van der Waals surface area contributed by atoms with Crippen LogP contribution in [0, 0.1) is 5.41 Å². The number of halogens is 1. The minimum absolute atomic E-state index is 0.101. The fourth-order valence-corrected chi connectivity index (χ4v) is 2.43. The fraction of sp³-hybridized carbons (Fsp3) is 0.375. The third-order valence-corrected chi connectivity index (χ3v) is 4.32. The second-order valence-corrected chi connectivity index (χ2v) is 6.46. The van der Waals surface area contributed by atoms with Crippen LogP contribution < -0.4 is 10.6 Å². The van der Waals surface area contributed by atoms with E-state index in [-0.39, 0.29) is 18.1 Å². The Bertz CT molecular complexity index is 680. The number of hydrogen-bond acceptors (Lipinski definition) is 3. The van der Waals surface area contributed by atoms with Crippen molar-refractivity contribution in [3.63, 3.8) is 0 Å². The van der Waals surface area contributed by atoms with Crippen LogP contribution in [-0.4, -0.2) is 34.1 Å². The van der Waals surface area contributed by atoms with Gasteiger partial charge in [0.05, 0.1) is 25.0 Å². The van der Waals surface area contributed by atoms with Crippen molar-refractivity contribution in [2.24, 2.45) is 5.41 Å². The Kier molecular flexibility index (Phi) is 4.54. The lowest BCUT2D eigenvalue weighted by Crippen LogP contribution is -2.34. The third-order valence-electron chi connectivity index (χ3n) is 4.07. The van der Waals surface area contributed by atoms with Crippen LogP contribution in [0.1, 0.15) is 18.4 Å². The summed E-state index contributed by atoms with van der Waals surface area (Å²) in [5.74, 6) is 0. The van der Waals surface area contributed by atoms with Crippen LogP contribution in [0.4, 0.5) is 10.5 Å². The maximum absolute atomic E-state index is 11.9. The van der Waals surface area contributed by atoms with E-state index >= 15 is 0 Å². The quantitative estimate of drug-likeness (QED) is 0.759. The van der Waals surface area contributed by atoms with Gasteiger partial charge < -0.3 is 15.7 Å². The molecule has 2 amide bonds. The third kappa shape index (κ3) is 4.24. The van der Waals surface area contributed by atoms with Crippen molar-refractivity contribution in [2.75, 3.05) is 18.5 Å². The summed E-state index contributed by atoms with van der Waals surface area (Å²) in [5.41, 5.74) is 1.60. The molecule has 0 spiro atoms. The average molecular weight is 335 g/mol. The molecule has 1 saturated carbocycles. The smallest absolute Gasteiger partial charge is 0.319 e. The first-order chi connectivity index (χ1) is 11.1. The van der Waals surface area contributed by atoms with Crippen LogP contribution in [0.15, 0.2) is 36.7 Å². The van der Waals surface area contributed by atoms with Gasteiger partial charge in [0.2, 0.25) is 0 Å². The normalized spacial score (nSPS) is 15.2. The first-order valence-electron chi connectivity index (χ1n) is 7.51. The van der Waals surface area contributed by atoms with Gasteiger partial charge in [-0.15, -0.1) is 0 Å². The number of amides is 2. The van der Waals surface area contributed by atoms with Crippen molar-refractivity contribution in [1.29, 1.82) is 0 Å². The summed E-state index contributed by atoms with van der Waals surface area (Å²) in [7, 11) is 0. The molecular weight excluding hydrogens is 316 g/mol. The lowest BCUT2D eigenvalue weighted by molar-refractivity contribution is 0.206. The van der Waals surface area contributed by atoms with Crippen LogP contribution >= 0.6 is 11.6 Å². The maximum Gasteiger partial charge on any atom is 0.319 e. The Morgan fingerprint density at radius 2 is 2.09 bits per heavy atom. The molecule has 0 saturated heterocycles. The largest absolute Gasteiger partial charge is 0.396 e. The average Bonchev–Trinajstić information content (AvgIpc) is 3.21. The molecule has 0 radical (unpaired) electrons. The summed E-state index contributed by atoms with van der Waals surface area (Å²) >= 11 is 5.86. The zero-order valence-corrected chi connectivity index (χ0v) is 13.4. The maximum atomic E-state index is 11.9. The predicted molar refractivity (Wildman–Crippen MR) is 88.6 cm³/mol. The van der Waals surface area contributed by atoms with Crippen molar-refractivity contribution < 1.29 is 9.90 Å². The highest BCUT2D eigenvalue weighted by molar-refractivity contribution is 6.30. The summed E-state index contributed by atoms with van der Waals surface area (Å²) in [6.45, 7) is 1.22. The number of anilines is 1. The molecule has 7 heteroatoms. The molecular formula is C16H19ClN4O2. The topological polar surface area (TPSA) is 79.2 Å². The highest BCUT2D eigenvalue weighted by Gasteiger charge is 2.42.